The van der Waals surface area contributed by atoms with Gasteiger partial charge in [0.2, 0.25) is 0 Å². The highest BCUT2D eigenvalue weighted by Crippen LogP contribution is 2.38. The van der Waals surface area contributed by atoms with Crippen molar-refractivity contribution >= 4 is 5.69 Å². The number of anilines is 1. The average molecular weight is 230 g/mol. The Morgan fingerprint density at radius 1 is 1.18 bits per heavy atom. The van der Waals surface area contributed by atoms with Crippen molar-refractivity contribution in [3.8, 4) is 0 Å². The summed E-state index contributed by atoms with van der Waals surface area (Å²) < 4.78 is 0. The van der Waals surface area contributed by atoms with Crippen LogP contribution in [0.5, 0.6) is 0 Å². The summed E-state index contributed by atoms with van der Waals surface area (Å²) in [7, 11) is 0. The van der Waals surface area contributed by atoms with Gasteiger partial charge in [-0.1, -0.05) is 26.0 Å². The van der Waals surface area contributed by atoms with Crippen LogP contribution in [0.25, 0.3) is 0 Å². The zero-order valence-electron chi connectivity index (χ0n) is 10.9. The highest BCUT2D eigenvalue weighted by Gasteiger charge is 2.45. The second-order valence-corrected chi connectivity index (χ2v) is 5.87. The van der Waals surface area contributed by atoms with Gasteiger partial charge in [0, 0.05) is 30.9 Å². The van der Waals surface area contributed by atoms with Gasteiger partial charge in [0.25, 0.3) is 0 Å². The van der Waals surface area contributed by atoms with Crippen molar-refractivity contribution in [2.45, 2.75) is 38.1 Å². The Balaban J connectivity index is 1.75. The van der Waals surface area contributed by atoms with Crippen LogP contribution in [0.4, 0.5) is 5.69 Å². The topological polar surface area (TPSA) is 15.3 Å². The zero-order chi connectivity index (χ0) is 11.9. The molecule has 0 bridgehead atoms. The Morgan fingerprint density at radius 2 is 1.88 bits per heavy atom. The second kappa shape index (κ2) is 4.02. The van der Waals surface area contributed by atoms with Gasteiger partial charge < -0.3 is 10.2 Å². The summed E-state index contributed by atoms with van der Waals surface area (Å²) in [5.41, 5.74) is 3.29. The maximum absolute atomic E-state index is 3.66. The highest BCUT2D eigenvalue weighted by molar-refractivity contribution is 5.49. The molecule has 1 aliphatic heterocycles. The fraction of sp³-hybridized carbons (Fsp3) is 0.600. The molecule has 2 aliphatic rings. The van der Waals surface area contributed by atoms with Crippen LogP contribution in [0.3, 0.4) is 0 Å². The lowest BCUT2D eigenvalue weighted by Crippen LogP contribution is -2.52. The number of hydrogen-bond acceptors (Lipinski definition) is 2. The van der Waals surface area contributed by atoms with E-state index in [-0.39, 0.29) is 0 Å². The van der Waals surface area contributed by atoms with Crippen LogP contribution in [-0.4, -0.2) is 25.2 Å². The minimum Gasteiger partial charge on any atom is -0.368 e. The van der Waals surface area contributed by atoms with Crippen molar-refractivity contribution in [1.82, 2.24) is 5.32 Å². The summed E-state index contributed by atoms with van der Waals surface area (Å²) in [5, 5.41) is 3.66. The van der Waals surface area contributed by atoms with Gasteiger partial charge in [-0.3, -0.25) is 0 Å². The molecule has 17 heavy (non-hydrogen) atoms. The third kappa shape index (κ3) is 2.19. The third-order valence-corrected chi connectivity index (χ3v) is 4.15. The Labute approximate surface area is 104 Å². The normalized spacial score (nSPS) is 22.2. The predicted octanol–water partition coefficient (Wildman–Crippen LogP) is 2.75. The van der Waals surface area contributed by atoms with E-state index in [1.807, 2.05) is 0 Å². The van der Waals surface area contributed by atoms with Gasteiger partial charge in [-0.05, 0) is 36.5 Å². The van der Waals surface area contributed by atoms with E-state index in [9.17, 15) is 0 Å². The third-order valence-electron chi connectivity index (χ3n) is 4.15. The molecule has 2 fully saturated rings. The van der Waals surface area contributed by atoms with Crippen molar-refractivity contribution in [2.75, 3.05) is 24.5 Å². The molecule has 0 unspecified atom stereocenters. The molecule has 2 heteroatoms. The maximum Gasteiger partial charge on any atom is 0.0367 e. The summed E-state index contributed by atoms with van der Waals surface area (Å²) in [4.78, 5) is 2.54. The number of nitrogens with zero attached hydrogens (tertiary/aromatic N) is 1. The van der Waals surface area contributed by atoms with Crippen molar-refractivity contribution < 1.29 is 0 Å². The molecule has 1 aliphatic carbocycles. The first-order valence-electron chi connectivity index (χ1n) is 6.79. The van der Waals surface area contributed by atoms with E-state index in [0.717, 1.165) is 13.1 Å². The molecule has 1 spiro atoms. The lowest BCUT2D eigenvalue weighted by molar-refractivity contribution is 0.442. The van der Waals surface area contributed by atoms with E-state index in [2.05, 4.69) is 48.3 Å². The van der Waals surface area contributed by atoms with Gasteiger partial charge in [-0.25, -0.2) is 0 Å². The zero-order valence-corrected chi connectivity index (χ0v) is 10.9. The molecule has 1 heterocycles. The Kier molecular flexibility index (Phi) is 2.62. The van der Waals surface area contributed by atoms with Crippen molar-refractivity contribution in [3.05, 3.63) is 29.8 Å². The van der Waals surface area contributed by atoms with Crippen LogP contribution in [0.15, 0.2) is 24.3 Å². The molecule has 92 valence electrons. The first-order chi connectivity index (χ1) is 8.19. The molecule has 0 atom stereocenters. The van der Waals surface area contributed by atoms with Crippen molar-refractivity contribution in [1.29, 1.82) is 0 Å². The lowest BCUT2D eigenvalue weighted by Gasteiger charge is -2.35. The van der Waals surface area contributed by atoms with Crippen LogP contribution < -0.4 is 10.2 Å². The van der Waals surface area contributed by atoms with E-state index in [0.29, 0.717) is 11.5 Å². The monoisotopic (exact) mass is 230 g/mol. The largest absolute Gasteiger partial charge is 0.368 e. The standard InChI is InChI=1S/C15H22N2/c1-12(2)13-3-5-14(6-4-13)17-10-9-16-15(11-17)7-8-15/h3-6,12,16H,7-11H2,1-2H3. The molecule has 1 saturated carbocycles. The summed E-state index contributed by atoms with van der Waals surface area (Å²) in [6.45, 7) is 7.96. The second-order valence-electron chi connectivity index (χ2n) is 5.87. The molecule has 2 nitrogen and oxygen atoms in total. The summed E-state index contributed by atoms with van der Waals surface area (Å²) in [6, 6.07) is 9.14. The molecule has 0 radical (unpaired) electrons. The smallest absolute Gasteiger partial charge is 0.0367 e. The molecular formula is C15H22N2. The lowest BCUT2D eigenvalue weighted by atomic mass is 10.0. The fourth-order valence-corrected chi connectivity index (χ4v) is 2.73. The Bertz CT molecular complexity index is 390. The molecule has 3 rings (SSSR count). The summed E-state index contributed by atoms with van der Waals surface area (Å²) >= 11 is 0. The minimum atomic E-state index is 0.467. The van der Waals surface area contributed by atoms with E-state index in [4.69, 9.17) is 0 Å². The molecule has 1 aromatic carbocycles. The van der Waals surface area contributed by atoms with Crippen LogP contribution in [0.2, 0.25) is 0 Å². The van der Waals surface area contributed by atoms with Gasteiger partial charge in [-0.2, -0.15) is 0 Å². The quantitative estimate of drug-likeness (QED) is 0.840. The summed E-state index contributed by atoms with van der Waals surface area (Å²) in [6.07, 6.45) is 2.71. The van der Waals surface area contributed by atoms with E-state index in [1.54, 1.807) is 0 Å². The number of rotatable bonds is 2. The molecule has 1 saturated heterocycles. The summed E-state index contributed by atoms with van der Waals surface area (Å²) in [5.74, 6) is 0.627. The van der Waals surface area contributed by atoms with Gasteiger partial charge in [0.1, 0.15) is 0 Å². The van der Waals surface area contributed by atoms with Crippen LogP contribution in [-0.2, 0) is 0 Å². The first-order valence-corrected chi connectivity index (χ1v) is 6.79. The predicted molar refractivity (Wildman–Crippen MR) is 72.7 cm³/mol. The van der Waals surface area contributed by atoms with Crippen LogP contribution >= 0.6 is 0 Å². The molecule has 1 N–H and O–H groups in total. The first kappa shape index (κ1) is 11.1. The fourth-order valence-electron chi connectivity index (χ4n) is 2.73. The van der Waals surface area contributed by atoms with Gasteiger partial charge in [-0.15, -0.1) is 0 Å². The van der Waals surface area contributed by atoms with E-state index in [1.165, 1.54) is 30.6 Å². The maximum atomic E-state index is 3.66. The highest BCUT2D eigenvalue weighted by atomic mass is 15.2. The van der Waals surface area contributed by atoms with Gasteiger partial charge in [0.15, 0.2) is 0 Å². The molecular weight excluding hydrogens is 208 g/mol. The number of hydrogen-bond donors (Lipinski definition) is 1. The van der Waals surface area contributed by atoms with Gasteiger partial charge >= 0.3 is 0 Å². The Hall–Kier alpha value is -1.02. The van der Waals surface area contributed by atoms with Crippen molar-refractivity contribution in [2.24, 2.45) is 0 Å². The van der Waals surface area contributed by atoms with Crippen LogP contribution in [0.1, 0.15) is 38.2 Å². The average Bonchev–Trinajstić information content (AvgIpc) is 3.08. The van der Waals surface area contributed by atoms with E-state index < -0.39 is 0 Å². The van der Waals surface area contributed by atoms with Crippen LogP contribution in [0, 0.1) is 0 Å². The number of nitrogens with one attached hydrogen (secondary N) is 1. The molecule has 0 aromatic heterocycles. The Morgan fingerprint density at radius 3 is 2.47 bits per heavy atom. The van der Waals surface area contributed by atoms with E-state index >= 15 is 0 Å². The van der Waals surface area contributed by atoms with Gasteiger partial charge in [0.05, 0.1) is 0 Å². The number of piperazine rings is 1. The minimum absolute atomic E-state index is 0.467. The van der Waals surface area contributed by atoms with Crippen molar-refractivity contribution in [3.63, 3.8) is 0 Å². The molecule has 1 aromatic rings. The SMILES string of the molecule is CC(C)c1ccc(N2CCNC3(CC3)C2)cc1. The number of benzene rings is 1. The molecule has 0 amide bonds.